The standard InChI is InChI=1S/C22H28Cl2N4O4/c1-21(2,3)32-20(31)28-9-7-22(8-10-28,12-17(25)29)26-19(30)16-11-13-15(27(16)4)6-5-14(23)18(13)24/h5-6,11H,7-10,12H2,1-4H3,(H2,25,29)(H,26,30). The smallest absolute Gasteiger partial charge is 0.410 e. The van der Waals surface area contributed by atoms with Crippen molar-refractivity contribution in [2.75, 3.05) is 13.1 Å². The maximum Gasteiger partial charge on any atom is 0.410 e. The number of rotatable bonds is 4. The zero-order chi connectivity index (χ0) is 23.8. The fraction of sp³-hybridized carbons (Fsp3) is 0.500. The van der Waals surface area contributed by atoms with Crippen molar-refractivity contribution in [2.24, 2.45) is 12.8 Å². The number of carbonyl (C=O) groups excluding carboxylic acids is 3. The summed E-state index contributed by atoms with van der Waals surface area (Å²) in [5.41, 5.74) is 5.16. The molecule has 2 aromatic rings. The zero-order valence-corrected chi connectivity index (χ0v) is 20.1. The number of amides is 3. The van der Waals surface area contributed by atoms with Gasteiger partial charge in [0.15, 0.2) is 0 Å². The lowest BCUT2D eigenvalue weighted by Gasteiger charge is -2.42. The van der Waals surface area contributed by atoms with E-state index in [-0.39, 0.29) is 12.3 Å². The van der Waals surface area contributed by atoms with Crippen LogP contribution >= 0.6 is 23.2 Å². The molecule has 32 heavy (non-hydrogen) atoms. The van der Waals surface area contributed by atoms with Gasteiger partial charge in [-0.1, -0.05) is 23.2 Å². The number of fused-ring (bicyclic) bond motifs is 1. The molecule has 1 fully saturated rings. The van der Waals surface area contributed by atoms with Gasteiger partial charge in [0.25, 0.3) is 5.91 Å². The number of halogens is 2. The zero-order valence-electron chi connectivity index (χ0n) is 18.6. The fourth-order valence-electron chi connectivity index (χ4n) is 4.00. The number of likely N-dealkylation sites (tertiary alicyclic amines) is 1. The first-order valence-corrected chi connectivity index (χ1v) is 11.1. The van der Waals surface area contributed by atoms with E-state index in [1.54, 1.807) is 55.5 Å². The van der Waals surface area contributed by atoms with E-state index in [9.17, 15) is 14.4 Å². The van der Waals surface area contributed by atoms with Crippen LogP contribution in [0.15, 0.2) is 18.2 Å². The molecule has 1 aliphatic heterocycles. The van der Waals surface area contributed by atoms with Crippen molar-refractivity contribution in [1.29, 1.82) is 0 Å². The molecular formula is C22H28Cl2N4O4. The fourth-order valence-corrected chi connectivity index (χ4v) is 4.37. The number of piperidine rings is 1. The van der Waals surface area contributed by atoms with E-state index < -0.39 is 23.1 Å². The summed E-state index contributed by atoms with van der Waals surface area (Å²) in [5.74, 6) is -0.884. The third-order valence-corrected chi connectivity index (χ3v) is 6.43. The normalized spacial score (nSPS) is 16.1. The molecule has 0 bridgehead atoms. The van der Waals surface area contributed by atoms with E-state index in [0.717, 1.165) is 5.52 Å². The number of carbonyl (C=O) groups is 3. The van der Waals surface area contributed by atoms with Gasteiger partial charge in [0, 0.05) is 37.5 Å². The number of aryl methyl sites for hydroxylation is 1. The van der Waals surface area contributed by atoms with Crippen molar-refractivity contribution in [3.63, 3.8) is 0 Å². The molecule has 3 N–H and O–H groups in total. The average Bonchev–Trinajstić information content (AvgIpc) is 3.00. The predicted octanol–water partition coefficient (Wildman–Crippen LogP) is 3.86. The summed E-state index contributed by atoms with van der Waals surface area (Å²) in [5, 5.41) is 4.44. The molecule has 1 saturated heterocycles. The molecule has 2 heterocycles. The second kappa shape index (κ2) is 8.83. The van der Waals surface area contributed by atoms with Crippen LogP contribution < -0.4 is 11.1 Å². The monoisotopic (exact) mass is 482 g/mol. The molecule has 0 atom stereocenters. The van der Waals surface area contributed by atoms with Crippen LogP contribution in [0.5, 0.6) is 0 Å². The average molecular weight is 483 g/mol. The summed E-state index contributed by atoms with van der Waals surface area (Å²) >= 11 is 12.4. The minimum atomic E-state index is -0.862. The van der Waals surface area contributed by atoms with Gasteiger partial charge in [-0.25, -0.2) is 4.79 Å². The third kappa shape index (κ3) is 5.13. The molecule has 0 spiro atoms. The summed E-state index contributed by atoms with van der Waals surface area (Å²) in [6.45, 7) is 6.07. The van der Waals surface area contributed by atoms with Crippen LogP contribution in [-0.2, 0) is 16.6 Å². The van der Waals surface area contributed by atoms with Crippen LogP contribution in [-0.4, -0.2) is 51.6 Å². The highest BCUT2D eigenvalue weighted by Gasteiger charge is 2.40. The Morgan fingerprint density at radius 1 is 1.19 bits per heavy atom. The minimum Gasteiger partial charge on any atom is -0.444 e. The highest BCUT2D eigenvalue weighted by Crippen LogP contribution is 2.33. The van der Waals surface area contributed by atoms with Gasteiger partial charge in [-0.05, 0) is 51.8 Å². The SMILES string of the molecule is Cn1c(C(=O)NC2(CC(N)=O)CCN(C(=O)OC(C)(C)C)CC2)cc2c(Cl)c(Cl)ccc21. The third-order valence-electron chi connectivity index (χ3n) is 5.61. The van der Waals surface area contributed by atoms with Gasteiger partial charge in [0.05, 0.1) is 15.6 Å². The van der Waals surface area contributed by atoms with Crippen LogP contribution in [0, 0.1) is 0 Å². The molecule has 8 nitrogen and oxygen atoms in total. The van der Waals surface area contributed by atoms with Crippen LogP contribution in [0.1, 0.15) is 50.5 Å². The maximum atomic E-state index is 13.2. The minimum absolute atomic E-state index is 0.0303. The summed E-state index contributed by atoms with van der Waals surface area (Å²) in [6.07, 6.45) is 0.295. The molecule has 1 aliphatic rings. The molecule has 3 rings (SSSR count). The summed E-state index contributed by atoms with van der Waals surface area (Å²) < 4.78 is 7.15. The van der Waals surface area contributed by atoms with Crippen molar-refractivity contribution in [1.82, 2.24) is 14.8 Å². The lowest BCUT2D eigenvalue weighted by atomic mass is 9.84. The number of aromatic nitrogens is 1. The van der Waals surface area contributed by atoms with Crippen molar-refractivity contribution in [3.8, 4) is 0 Å². The number of nitrogens with one attached hydrogen (secondary N) is 1. The van der Waals surface area contributed by atoms with E-state index in [4.69, 9.17) is 33.7 Å². The van der Waals surface area contributed by atoms with Crippen LogP contribution in [0.2, 0.25) is 10.0 Å². The number of benzene rings is 1. The van der Waals surface area contributed by atoms with Gasteiger partial charge in [-0.15, -0.1) is 0 Å². The Bertz CT molecular complexity index is 1070. The Balaban J connectivity index is 1.81. The Morgan fingerprint density at radius 3 is 2.38 bits per heavy atom. The molecule has 174 valence electrons. The van der Waals surface area contributed by atoms with Crippen molar-refractivity contribution in [3.05, 3.63) is 33.9 Å². The summed E-state index contributed by atoms with van der Waals surface area (Å²) in [6, 6.07) is 5.14. The first kappa shape index (κ1) is 24.2. The number of hydrogen-bond donors (Lipinski definition) is 2. The predicted molar refractivity (Wildman–Crippen MR) is 124 cm³/mol. The molecule has 0 saturated carbocycles. The van der Waals surface area contributed by atoms with Crippen LogP contribution in [0.3, 0.4) is 0 Å². The molecular weight excluding hydrogens is 455 g/mol. The first-order valence-electron chi connectivity index (χ1n) is 10.3. The second-order valence-corrected chi connectivity index (χ2v) is 10.0. The lowest BCUT2D eigenvalue weighted by molar-refractivity contribution is -0.119. The van der Waals surface area contributed by atoms with E-state index in [0.29, 0.717) is 47.1 Å². The van der Waals surface area contributed by atoms with Crippen LogP contribution in [0.4, 0.5) is 4.79 Å². The van der Waals surface area contributed by atoms with Gasteiger partial charge in [0.1, 0.15) is 11.3 Å². The van der Waals surface area contributed by atoms with Gasteiger partial charge >= 0.3 is 6.09 Å². The molecule has 1 aromatic carbocycles. The Kier molecular flexibility index (Phi) is 6.67. The molecule has 0 unspecified atom stereocenters. The topological polar surface area (TPSA) is 107 Å². The number of ether oxygens (including phenoxy) is 1. The van der Waals surface area contributed by atoms with E-state index in [1.807, 2.05) is 0 Å². The quantitative estimate of drug-likeness (QED) is 0.689. The Labute approximate surface area is 196 Å². The van der Waals surface area contributed by atoms with Crippen molar-refractivity contribution >= 4 is 52.0 Å². The van der Waals surface area contributed by atoms with Gasteiger partial charge in [-0.2, -0.15) is 0 Å². The molecule has 10 heteroatoms. The number of nitrogens with zero attached hydrogens (tertiary/aromatic N) is 2. The summed E-state index contributed by atoms with van der Waals surface area (Å²) in [4.78, 5) is 39.0. The molecule has 3 amide bonds. The number of primary amides is 1. The second-order valence-electron chi connectivity index (χ2n) is 9.23. The van der Waals surface area contributed by atoms with Gasteiger partial charge in [0.2, 0.25) is 5.91 Å². The maximum absolute atomic E-state index is 13.2. The van der Waals surface area contributed by atoms with Gasteiger partial charge < -0.3 is 25.3 Å². The number of nitrogens with two attached hydrogens (primary N) is 1. The summed E-state index contributed by atoms with van der Waals surface area (Å²) in [7, 11) is 1.76. The Hall–Kier alpha value is -2.45. The van der Waals surface area contributed by atoms with E-state index >= 15 is 0 Å². The van der Waals surface area contributed by atoms with Crippen LogP contribution in [0.25, 0.3) is 10.9 Å². The van der Waals surface area contributed by atoms with E-state index in [1.165, 1.54) is 0 Å². The Morgan fingerprint density at radius 2 is 1.81 bits per heavy atom. The highest BCUT2D eigenvalue weighted by atomic mass is 35.5. The highest BCUT2D eigenvalue weighted by molar-refractivity contribution is 6.45. The largest absolute Gasteiger partial charge is 0.444 e. The number of hydrogen-bond acceptors (Lipinski definition) is 4. The molecule has 0 aliphatic carbocycles. The first-order chi connectivity index (χ1) is 14.8. The lowest BCUT2D eigenvalue weighted by Crippen LogP contribution is -2.58. The van der Waals surface area contributed by atoms with E-state index in [2.05, 4.69) is 5.32 Å². The molecule has 1 aromatic heterocycles. The molecule has 0 radical (unpaired) electrons. The van der Waals surface area contributed by atoms with Crippen molar-refractivity contribution < 1.29 is 19.1 Å². The van der Waals surface area contributed by atoms with Crippen molar-refractivity contribution in [2.45, 2.75) is 51.2 Å². The van der Waals surface area contributed by atoms with Gasteiger partial charge in [-0.3, -0.25) is 9.59 Å².